The minimum atomic E-state index is -0.794. The summed E-state index contributed by atoms with van der Waals surface area (Å²) in [6.45, 7) is 4.05. The number of pyridine rings is 1. The van der Waals surface area contributed by atoms with E-state index in [2.05, 4.69) is 53.4 Å². The molecule has 8 aromatic carbocycles. The molecule has 0 N–H and O–H groups in total. The summed E-state index contributed by atoms with van der Waals surface area (Å²) >= 11 is 0. The molecule has 0 atom stereocenters. The summed E-state index contributed by atoms with van der Waals surface area (Å²) in [5.74, 6) is 0.576. The molecule has 0 aliphatic carbocycles. The molecular formula is C59H44N4OPt-2. The maximum Gasteiger partial charge on any atom is 0.268 e. The fourth-order valence-electron chi connectivity index (χ4n) is 8.56. The Morgan fingerprint density at radius 3 is 2.06 bits per heavy atom. The maximum absolute atomic E-state index is 9.28. The molecule has 0 saturated carbocycles. The number of aromatic nitrogens is 4. The van der Waals surface area contributed by atoms with Crippen LogP contribution in [0.25, 0.3) is 83.4 Å². The Morgan fingerprint density at radius 1 is 0.631 bits per heavy atom. The second-order valence-electron chi connectivity index (χ2n) is 15.2. The van der Waals surface area contributed by atoms with E-state index in [4.69, 9.17) is 23.4 Å². The van der Waals surface area contributed by atoms with Gasteiger partial charge in [-0.05, 0) is 87.0 Å². The molecule has 0 amide bonds. The van der Waals surface area contributed by atoms with Gasteiger partial charge in [0.05, 0.1) is 30.4 Å². The molecule has 11 rings (SSSR count). The van der Waals surface area contributed by atoms with Crippen LogP contribution in [0.15, 0.2) is 200 Å². The van der Waals surface area contributed by atoms with Crippen molar-refractivity contribution in [3.63, 3.8) is 0 Å². The van der Waals surface area contributed by atoms with E-state index in [0.29, 0.717) is 46.9 Å². The zero-order valence-electron chi connectivity index (χ0n) is 46.2. The van der Waals surface area contributed by atoms with Crippen LogP contribution in [0, 0.1) is 18.5 Å². The smallest absolute Gasteiger partial charge is 0.268 e. The third kappa shape index (κ3) is 7.77. The van der Waals surface area contributed by atoms with Gasteiger partial charge in [0.1, 0.15) is 5.82 Å². The second-order valence-corrected chi connectivity index (χ2v) is 15.2. The Morgan fingerprint density at radius 2 is 1.32 bits per heavy atom. The summed E-state index contributed by atoms with van der Waals surface area (Å²) in [5.41, 5.74) is 6.35. The maximum atomic E-state index is 9.28. The first kappa shape index (κ1) is 30.7. The van der Waals surface area contributed by atoms with Gasteiger partial charge in [-0.25, -0.2) is 4.98 Å². The van der Waals surface area contributed by atoms with Crippen molar-refractivity contribution in [2.45, 2.75) is 32.6 Å². The zero-order chi connectivity index (χ0) is 52.6. The van der Waals surface area contributed by atoms with Gasteiger partial charge in [0, 0.05) is 45.6 Å². The van der Waals surface area contributed by atoms with Crippen LogP contribution in [-0.2, 0) is 21.1 Å². The number of ether oxygens (including phenoxy) is 1. The Bertz CT molecular complexity index is 3970. The molecule has 318 valence electrons. The fourth-order valence-corrected chi connectivity index (χ4v) is 8.56. The van der Waals surface area contributed by atoms with Gasteiger partial charge in [0.25, 0.3) is 6.33 Å². The van der Waals surface area contributed by atoms with Crippen molar-refractivity contribution >= 4 is 32.8 Å². The van der Waals surface area contributed by atoms with Crippen LogP contribution in [0.3, 0.4) is 0 Å². The predicted molar refractivity (Wildman–Crippen MR) is 260 cm³/mol. The van der Waals surface area contributed by atoms with E-state index in [1.807, 2.05) is 74.5 Å². The van der Waals surface area contributed by atoms with Crippen molar-refractivity contribution in [2.24, 2.45) is 0 Å². The molecule has 6 heteroatoms. The minimum absolute atomic E-state index is 0. The molecule has 3 heterocycles. The van der Waals surface area contributed by atoms with Gasteiger partial charge >= 0.3 is 0 Å². The number of para-hydroxylation sites is 3. The van der Waals surface area contributed by atoms with Crippen LogP contribution in [0.2, 0.25) is 0 Å². The van der Waals surface area contributed by atoms with Gasteiger partial charge < -0.3 is 13.9 Å². The number of nitrogens with zero attached hydrogens (tertiary/aromatic N) is 4. The molecule has 0 unspecified atom stereocenters. The normalized spacial score (nSPS) is 13.9. The van der Waals surface area contributed by atoms with E-state index in [0.717, 1.165) is 38.5 Å². The van der Waals surface area contributed by atoms with Crippen LogP contribution in [0.4, 0.5) is 0 Å². The number of rotatable bonds is 11. The SMILES string of the molecule is [2H]c1c([2H])c([2H])c(-c2cccc(-c3c([2H])c([2H])c([2H])c([2H])c3[2H])c2-[n+]2[c-]n(-c3[c-]c(Oc4[c-]c5c(cc4)c4cc(-c6ccccc6)ccc4n5-c4cc(C([2H])(CC)CC)ccn4)ccc3)c3ccccc32)c([2H])c1[2H].[Pt]. The van der Waals surface area contributed by atoms with Gasteiger partial charge in [-0.1, -0.05) is 165 Å². The number of benzene rings is 8. The largest absolute Gasteiger partial charge is 0.510 e. The molecule has 0 saturated heterocycles. The van der Waals surface area contributed by atoms with Crippen LogP contribution in [-0.4, -0.2) is 14.1 Å². The summed E-state index contributed by atoms with van der Waals surface area (Å²) in [5, 5.41) is 1.91. The Hall–Kier alpha value is -7.33. The van der Waals surface area contributed by atoms with Crippen molar-refractivity contribution in [1.82, 2.24) is 14.1 Å². The molecular weight excluding hydrogens is 976 g/mol. The molecule has 3 aromatic heterocycles. The third-order valence-corrected chi connectivity index (χ3v) is 11.6. The first-order valence-corrected chi connectivity index (χ1v) is 21.1. The molecule has 65 heavy (non-hydrogen) atoms. The summed E-state index contributed by atoms with van der Waals surface area (Å²) in [7, 11) is 0. The Kier molecular flexibility index (Phi) is 8.52. The van der Waals surface area contributed by atoms with Gasteiger partial charge in [-0.2, -0.15) is 18.2 Å². The van der Waals surface area contributed by atoms with Crippen LogP contribution in [0.1, 0.15) is 53.2 Å². The fraction of sp³-hybridized carbons (Fsp3) is 0.0847. The molecule has 0 aliphatic heterocycles. The van der Waals surface area contributed by atoms with Crippen molar-refractivity contribution < 1.29 is 45.4 Å². The summed E-state index contributed by atoms with van der Waals surface area (Å²) in [6, 6.07) is 43.3. The van der Waals surface area contributed by atoms with Crippen LogP contribution in [0.5, 0.6) is 11.5 Å². The Balaban J connectivity index is 0.00000657. The van der Waals surface area contributed by atoms with E-state index in [9.17, 15) is 1.37 Å². The zero-order valence-corrected chi connectivity index (χ0v) is 37.5. The number of hydrogen-bond donors (Lipinski definition) is 0. The molecule has 0 aliphatic rings. The number of hydrogen-bond acceptors (Lipinski definition) is 2. The van der Waals surface area contributed by atoms with Crippen molar-refractivity contribution in [3.8, 4) is 62.1 Å². The minimum Gasteiger partial charge on any atom is -0.510 e. The average molecular weight is 1030 g/mol. The van der Waals surface area contributed by atoms with Crippen LogP contribution < -0.4 is 9.30 Å². The molecule has 11 aromatic rings. The molecule has 0 fully saturated rings. The monoisotopic (exact) mass is 1030 g/mol. The summed E-state index contributed by atoms with van der Waals surface area (Å²) in [4.78, 5) is 4.86. The third-order valence-electron chi connectivity index (χ3n) is 11.6. The quantitative estimate of drug-likeness (QED) is 0.0956. The van der Waals surface area contributed by atoms with Crippen molar-refractivity contribution in [1.29, 1.82) is 0 Å². The summed E-state index contributed by atoms with van der Waals surface area (Å²) in [6.07, 6.45) is 6.43. The van der Waals surface area contributed by atoms with E-state index in [-0.39, 0.29) is 49.0 Å². The van der Waals surface area contributed by atoms with E-state index >= 15 is 0 Å². The van der Waals surface area contributed by atoms with Crippen LogP contribution >= 0.6 is 0 Å². The molecule has 0 bridgehead atoms. The van der Waals surface area contributed by atoms with Gasteiger partial charge in [0.2, 0.25) is 0 Å². The van der Waals surface area contributed by atoms with Crippen molar-refractivity contribution in [2.75, 3.05) is 0 Å². The first-order valence-electron chi connectivity index (χ1n) is 26.6. The first-order chi connectivity index (χ1) is 36.1. The Labute approximate surface area is 409 Å². The van der Waals surface area contributed by atoms with E-state index in [1.54, 1.807) is 57.8 Å². The van der Waals surface area contributed by atoms with Gasteiger partial charge in [-0.15, -0.1) is 29.7 Å². The summed E-state index contributed by atoms with van der Waals surface area (Å²) < 4.78 is 108. The van der Waals surface area contributed by atoms with Gasteiger partial charge in [0.15, 0.2) is 0 Å². The molecule has 0 radical (unpaired) electrons. The average Bonchev–Trinajstić information content (AvgIpc) is 4.03. The van der Waals surface area contributed by atoms with Crippen molar-refractivity contribution in [3.05, 3.63) is 224 Å². The standard InChI is InChI=1S/C59H44N4O.Pt/c1-3-41(4-2)46-34-35-60-58(37-46)63-54-33-30-45(42-18-8-5-9-19-42)36-53(54)52-32-31-49(39-57(52)63)64-48-25-16-24-47(38-48)61-40-62(56-29-15-14-28-55(56)61)59-50(43-20-10-6-11-21-43)26-17-27-51(59)44-22-12-7-13-23-44;/h5-37,41H,3-4H2,1-2H3;/q-2;/i6D,7D,10D,11D,12D,13D,20D,21D,22D,23D,41D;. The van der Waals surface area contributed by atoms with E-state index < -0.39 is 66.3 Å². The molecule has 5 nitrogen and oxygen atoms in total. The van der Waals surface area contributed by atoms with E-state index in [1.165, 1.54) is 0 Å². The topological polar surface area (TPSA) is 35.9 Å². The van der Waals surface area contributed by atoms with Gasteiger partial charge in [-0.3, -0.25) is 4.57 Å². The second kappa shape index (κ2) is 18.0. The number of imidazole rings is 1. The predicted octanol–water partition coefficient (Wildman–Crippen LogP) is 14.5. The number of fused-ring (bicyclic) bond motifs is 4. The molecule has 0 spiro atoms.